The first kappa shape index (κ1) is 13.0. The zero-order chi connectivity index (χ0) is 13.0. The first-order valence-electron chi connectivity index (χ1n) is 5.25. The van der Waals surface area contributed by atoms with Gasteiger partial charge in [0, 0.05) is 26.9 Å². The Morgan fingerprint density at radius 3 is 3.06 bits per heavy atom. The summed E-state index contributed by atoms with van der Waals surface area (Å²) in [5.74, 6) is 0.582. The Hall–Kier alpha value is -1.40. The van der Waals surface area contributed by atoms with Gasteiger partial charge in [0.25, 0.3) is 0 Å². The number of aryl methyl sites for hydroxylation is 1. The van der Waals surface area contributed by atoms with Gasteiger partial charge in [-0.05, 0) is 35.0 Å². The molecule has 0 aliphatic heterocycles. The van der Waals surface area contributed by atoms with Crippen LogP contribution in [0.5, 0.6) is 0 Å². The van der Waals surface area contributed by atoms with Crippen molar-refractivity contribution in [2.45, 2.75) is 13.5 Å². The molecule has 18 heavy (non-hydrogen) atoms. The fraction of sp³-hybridized carbons (Fsp3) is 0.167. The number of nitrogens with zero attached hydrogens (tertiary/aromatic N) is 1. The van der Waals surface area contributed by atoms with E-state index < -0.39 is 0 Å². The molecule has 0 atom stereocenters. The second kappa shape index (κ2) is 5.97. The Kier molecular flexibility index (Phi) is 4.33. The summed E-state index contributed by atoms with van der Waals surface area (Å²) in [4.78, 5) is 12.6. The molecule has 4 nitrogen and oxygen atoms in total. The lowest BCUT2D eigenvalue weighted by Gasteiger charge is -1.96. The van der Waals surface area contributed by atoms with Crippen molar-refractivity contribution in [3.05, 3.63) is 44.4 Å². The quantitative estimate of drug-likeness (QED) is 0.878. The molecule has 6 heteroatoms. The Balaban J connectivity index is 1.83. The molecule has 0 bridgehead atoms. The van der Waals surface area contributed by atoms with Gasteiger partial charge in [-0.2, -0.15) is 0 Å². The van der Waals surface area contributed by atoms with E-state index >= 15 is 0 Å². The minimum Gasteiger partial charge on any atom is -0.361 e. The fourth-order valence-electron chi connectivity index (χ4n) is 1.31. The van der Waals surface area contributed by atoms with Gasteiger partial charge in [0.1, 0.15) is 11.5 Å². The second-order valence-corrected chi connectivity index (χ2v) is 5.51. The van der Waals surface area contributed by atoms with Gasteiger partial charge in [-0.25, -0.2) is 0 Å². The smallest absolute Gasteiger partial charge is 0.244 e. The molecule has 1 N–H and O–H groups in total. The topological polar surface area (TPSA) is 55.1 Å². The lowest BCUT2D eigenvalue weighted by atomic mass is 10.3. The largest absolute Gasteiger partial charge is 0.361 e. The first-order valence-corrected chi connectivity index (χ1v) is 6.93. The van der Waals surface area contributed by atoms with E-state index in [1.165, 1.54) is 6.08 Å². The van der Waals surface area contributed by atoms with Crippen LogP contribution in [0.3, 0.4) is 0 Å². The Labute approximate surface area is 117 Å². The molecular formula is C12H11BrN2O2S. The zero-order valence-electron chi connectivity index (χ0n) is 9.64. The van der Waals surface area contributed by atoms with Crippen LogP contribution in [-0.4, -0.2) is 11.1 Å². The van der Waals surface area contributed by atoms with E-state index in [-0.39, 0.29) is 5.91 Å². The molecule has 0 unspecified atom stereocenters. The summed E-state index contributed by atoms with van der Waals surface area (Å²) in [6.45, 7) is 2.18. The Morgan fingerprint density at radius 1 is 1.61 bits per heavy atom. The summed E-state index contributed by atoms with van der Waals surface area (Å²) in [6.07, 6.45) is 3.28. The molecule has 0 fully saturated rings. The monoisotopic (exact) mass is 326 g/mol. The van der Waals surface area contributed by atoms with Crippen LogP contribution in [0, 0.1) is 6.92 Å². The standard InChI is InChI=1S/C12H11BrN2O2S/c1-8-4-10(15-17-8)6-14-12(16)3-2-11-5-9(13)7-18-11/h2-5,7H,6H2,1H3,(H,14,16)/b3-2+. The maximum Gasteiger partial charge on any atom is 0.244 e. The van der Waals surface area contributed by atoms with Crippen molar-refractivity contribution < 1.29 is 9.32 Å². The summed E-state index contributed by atoms with van der Waals surface area (Å²) in [6, 6.07) is 3.75. The van der Waals surface area contributed by atoms with Gasteiger partial charge in [-0.1, -0.05) is 5.16 Å². The van der Waals surface area contributed by atoms with Crippen LogP contribution in [0.25, 0.3) is 6.08 Å². The highest BCUT2D eigenvalue weighted by Gasteiger charge is 2.01. The summed E-state index contributed by atoms with van der Waals surface area (Å²) in [5, 5.41) is 8.49. The van der Waals surface area contributed by atoms with Crippen molar-refractivity contribution >= 4 is 39.2 Å². The lowest BCUT2D eigenvalue weighted by Crippen LogP contribution is -2.20. The van der Waals surface area contributed by atoms with Crippen LogP contribution in [0.1, 0.15) is 16.3 Å². The van der Waals surface area contributed by atoms with Gasteiger partial charge in [0.05, 0.1) is 6.54 Å². The average molecular weight is 327 g/mol. The second-order valence-electron chi connectivity index (χ2n) is 3.65. The summed E-state index contributed by atoms with van der Waals surface area (Å²) in [7, 11) is 0. The van der Waals surface area contributed by atoms with E-state index in [2.05, 4.69) is 26.4 Å². The Bertz CT molecular complexity index is 574. The van der Waals surface area contributed by atoms with Crippen LogP contribution >= 0.6 is 27.3 Å². The maximum absolute atomic E-state index is 11.5. The van der Waals surface area contributed by atoms with E-state index in [9.17, 15) is 4.79 Å². The first-order chi connectivity index (χ1) is 8.63. The molecule has 0 saturated heterocycles. The van der Waals surface area contributed by atoms with Crippen LogP contribution in [0.15, 0.2) is 32.6 Å². The third-order valence-corrected chi connectivity index (χ3v) is 3.77. The summed E-state index contributed by atoms with van der Waals surface area (Å²) in [5.41, 5.74) is 0.716. The van der Waals surface area contributed by atoms with Gasteiger partial charge >= 0.3 is 0 Å². The van der Waals surface area contributed by atoms with Gasteiger partial charge in [0.15, 0.2) is 0 Å². The van der Waals surface area contributed by atoms with E-state index in [0.29, 0.717) is 12.2 Å². The normalized spacial score (nSPS) is 11.0. The highest BCUT2D eigenvalue weighted by molar-refractivity contribution is 9.10. The van der Waals surface area contributed by atoms with Crippen molar-refractivity contribution in [1.82, 2.24) is 10.5 Å². The molecule has 0 aromatic carbocycles. The molecule has 2 rings (SSSR count). The molecular weight excluding hydrogens is 316 g/mol. The predicted octanol–water partition coefficient (Wildman–Crippen LogP) is 3.14. The Morgan fingerprint density at radius 2 is 2.44 bits per heavy atom. The van der Waals surface area contributed by atoms with Gasteiger partial charge in [-0.3, -0.25) is 4.79 Å². The third-order valence-electron chi connectivity index (χ3n) is 2.11. The highest BCUT2D eigenvalue weighted by Crippen LogP contribution is 2.20. The van der Waals surface area contributed by atoms with Gasteiger partial charge in [-0.15, -0.1) is 11.3 Å². The lowest BCUT2D eigenvalue weighted by molar-refractivity contribution is -0.116. The van der Waals surface area contributed by atoms with E-state index in [0.717, 1.165) is 15.1 Å². The minimum absolute atomic E-state index is 0.153. The van der Waals surface area contributed by atoms with E-state index in [1.807, 2.05) is 18.4 Å². The van der Waals surface area contributed by atoms with E-state index in [1.54, 1.807) is 23.5 Å². The fourth-order valence-corrected chi connectivity index (χ4v) is 2.65. The van der Waals surface area contributed by atoms with E-state index in [4.69, 9.17) is 4.52 Å². The number of rotatable bonds is 4. The molecule has 0 saturated carbocycles. The molecule has 2 heterocycles. The molecule has 0 radical (unpaired) electrons. The zero-order valence-corrected chi connectivity index (χ0v) is 12.0. The number of halogens is 1. The number of hydrogen-bond donors (Lipinski definition) is 1. The van der Waals surface area contributed by atoms with Crippen molar-refractivity contribution in [3.8, 4) is 0 Å². The number of aromatic nitrogens is 1. The van der Waals surface area contributed by atoms with Crippen molar-refractivity contribution in [3.63, 3.8) is 0 Å². The van der Waals surface area contributed by atoms with Crippen molar-refractivity contribution in [2.24, 2.45) is 0 Å². The van der Waals surface area contributed by atoms with Gasteiger partial charge < -0.3 is 9.84 Å². The predicted molar refractivity (Wildman–Crippen MR) is 74.1 cm³/mol. The maximum atomic E-state index is 11.5. The van der Waals surface area contributed by atoms with Crippen molar-refractivity contribution in [1.29, 1.82) is 0 Å². The molecule has 0 spiro atoms. The van der Waals surface area contributed by atoms with Crippen LogP contribution in [0.4, 0.5) is 0 Å². The van der Waals surface area contributed by atoms with Crippen LogP contribution < -0.4 is 5.32 Å². The van der Waals surface area contributed by atoms with Crippen molar-refractivity contribution in [2.75, 3.05) is 0 Å². The number of carbonyl (C=O) groups is 1. The summed E-state index contributed by atoms with van der Waals surface area (Å²) < 4.78 is 5.93. The van der Waals surface area contributed by atoms with Crippen LogP contribution in [0.2, 0.25) is 0 Å². The number of thiophene rings is 1. The molecule has 2 aromatic rings. The minimum atomic E-state index is -0.153. The number of nitrogens with one attached hydrogen (secondary N) is 1. The number of amides is 1. The van der Waals surface area contributed by atoms with Crippen LogP contribution in [-0.2, 0) is 11.3 Å². The molecule has 0 aliphatic rings. The highest BCUT2D eigenvalue weighted by atomic mass is 79.9. The van der Waals surface area contributed by atoms with Gasteiger partial charge in [0.2, 0.25) is 5.91 Å². The molecule has 1 amide bonds. The SMILES string of the molecule is Cc1cc(CNC(=O)/C=C/c2cc(Br)cs2)no1. The number of hydrogen-bond acceptors (Lipinski definition) is 4. The molecule has 94 valence electrons. The molecule has 2 aromatic heterocycles. The molecule has 0 aliphatic carbocycles. The summed E-state index contributed by atoms with van der Waals surface area (Å²) >= 11 is 4.93. The third kappa shape index (κ3) is 3.82. The average Bonchev–Trinajstić information content (AvgIpc) is 2.93. The number of carbonyl (C=O) groups excluding carboxylic acids is 1.